The van der Waals surface area contributed by atoms with Crippen molar-refractivity contribution in [3.63, 3.8) is 0 Å². The highest BCUT2D eigenvalue weighted by Crippen LogP contribution is 2.18. The van der Waals surface area contributed by atoms with Crippen molar-refractivity contribution in [3.05, 3.63) is 48.7 Å². The number of nitrogens with zero attached hydrogens (tertiary/aromatic N) is 2. The van der Waals surface area contributed by atoms with Crippen molar-refractivity contribution in [2.75, 3.05) is 6.54 Å². The zero-order chi connectivity index (χ0) is 16.3. The predicted molar refractivity (Wildman–Crippen MR) is 84.3 cm³/mol. The van der Waals surface area contributed by atoms with Gasteiger partial charge in [-0.15, -0.1) is 11.3 Å². The van der Waals surface area contributed by atoms with Crippen LogP contribution in [0.5, 0.6) is 0 Å². The Bertz CT molecular complexity index is 790. The van der Waals surface area contributed by atoms with E-state index < -0.39 is 11.2 Å². The zero-order valence-corrected chi connectivity index (χ0v) is 13.5. The van der Waals surface area contributed by atoms with Gasteiger partial charge in [0.1, 0.15) is 6.54 Å². The molecule has 8 heteroatoms. The molecular weight excluding hydrogens is 304 g/mol. The van der Waals surface area contributed by atoms with Crippen LogP contribution in [0.25, 0.3) is 0 Å². The topological polar surface area (TPSA) is 96.9 Å². The molecule has 2 N–H and O–H groups in total. The maximum Gasteiger partial charge on any atom is 0.328 e. The van der Waals surface area contributed by atoms with Crippen LogP contribution in [0.15, 0.2) is 21.2 Å². The van der Waals surface area contributed by atoms with E-state index >= 15 is 0 Å². The van der Waals surface area contributed by atoms with Crippen LogP contribution in [0.1, 0.15) is 29.1 Å². The summed E-state index contributed by atoms with van der Waals surface area (Å²) in [5.74, 6) is -0.176. The second-order valence-corrected chi connectivity index (χ2v) is 6.12. The van der Waals surface area contributed by atoms with E-state index in [1.165, 1.54) is 10.8 Å². The van der Waals surface area contributed by atoms with E-state index in [4.69, 9.17) is 0 Å². The van der Waals surface area contributed by atoms with Crippen molar-refractivity contribution < 1.29 is 4.79 Å². The van der Waals surface area contributed by atoms with Gasteiger partial charge in [-0.2, -0.15) is 0 Å². The zero-order valence-electron chi connectivity index (χ0n) is 12.7. The molecule has 0 saturated heterocycles. The molecule has 118 valence electrons. The van der Waals surface area contributed by atoms with Gasteiger partial charge in [-0.05, 0) is 13.8 Å². The fourth-order valence-corrected chi connectivity index (χ4v) is 2.76. The van der Waals surface area contributed by atoms with Gasteiger partial charge in [-0.25, -0.2) is 9.78 Å². The van der Waals surface area contributed by atoms with Gasteiger partial charge >= 0.3 is 5.69 Å². The van der Waals surface area contributed by atoms with Gasteiger partial charge in [0.15, 0.2) is 0 Å². The molecule has 7 nitrogen and oxygen atoms in total. The molecule has 0 unspecified atom stereocenters. The minimum Gasteiger partial charge on any atom is -0.354 e. The first-order valence-electron chi connectivity index (χ1n) is 6.86. The highest BCUT2D eigenvalue weighted by molar-refractivity contribution is 7.09. The lowest BCUT2D eigenvalue weighted by Gasteiger charge is -2.11. The molecular formula is C14H18N4O3S. The summed E-state index contributed by atoms with van der Waals surface area (Å²) < 4.78 is 1.18. The smallest absolute Gasteiger partial charge is 0.328 e. The predicted octanol–water partition coefficient (Wildman–Crippen LogP) is 0.530. The molecule has 0 fully saturated rings. The molecule has 2 aromatic rings. The van der Waals surface area contributed by atoms with E-state index in [9.17, 15) is 14.4 Å². The molecule has 2 rings (SSSR count). The molecule has 0 aliphatic carbocycles. The van der Waals surface area contributed by atoms with Crippen molar-refractivity contribution >= 4 is 17.2 Å². The van der Waals surface area contributed by atoms with Crippen LogP contribution < -0.4 is 16.6 Å². The maximum atomic E-state index is 11.9. The minimum atomic E-state index is -0.589. The summed E-state index contributed by atoms with van der Waals surface area (Å²) in [5, 5.41) is 5.71. The Morgan fingerprint density at radius 3 is 2.82 bits per heavy atom. The van der Waals surface area contributed by atoms with E-state index in [-0.39, 0.29) is 18.4 Å². The summed E-state index contributed by atoms with van der Waals surface area (Å²) in [5.41, 5.74) is 0.330. The van der Waals surface area contributed by atoms with E-state index in [1.807, 2.05) is 19.2 Å². The average Bonchev–Trinajstić information content (AvgIpc) is 2.89. The Morgan fingerprint density at radius 1 is 1.45 bits per heavy atom. The van der Waals surface area contributed by atoms with Crippen molar-refractivity contribution in [2.24, 2.45) is 0 Å². The summed E-state index contributed by atoms with van der Waals surface area (Å²) in [6.07, 6.45) is 1.38. The van der Waals surface area contributed by atoms with Gasteiger partial charge in [0.2, 0.25) is 5.91 Å². The van der Waals surface area contributed by atoms with Crippen molar-refractivity contribution in [2.45, 2.75) is 33.2 Å². The molecule has 1 atom stereocenters. The number of carbonyl (C=O) groups excluding carboxylic acids is 1. The molecule has 0 aliphatic heterocycles. The molecule has 0 aromatic carbocycles. The number of hydrogen-bond acceptors (Lipinski definition) is 5. The number of H-pyrrole nitrogens is 1. The lowest BCUT2D eigenvalue weighted by molar-refractivity contribution is -0.121. The van der Waals surface area contributed by atoms with Crippen molar-refractivity contribution in [3.8, 4) is 0 Å². The minimum absolute atomic E-state index is 0.108. The highest BCUT2D eigenvalue weighted by Gasteiger charge is 2.12. The lowest BCUT2D eigenvalue weighted by Crippen LogP contribution is -2.37. The Balaban J connectivity index is 1.95. The van der Waals surface area contributed by atoms with Gasteiger partial charge in [-0.1, -0.05) is 6.92 Å². The molecule has 0 bridgehead atoms. The van der Waals surface area contributed by atoms with E-state index in [2.05, 4.69) is 15.3 Å². The first kappa shape index (κ1) is 16.2. The third-order valence-electron chi connectivity index (χ3n) is 3.17. The SMILES string of the molecule is Cc1csc([C@@H](C)CNC(=O)Cn2cc(C)c(=O)[nH]c2=O)n1. The first-order valence-corrected chi connectivity index (χ1v) is 7.74. The lowest BCUT2D eigenvalue weighted by atomic mass is 10.2. The van der Waals surface area contributed by atoms with Gasteiger partial charge in [0, 0.05) is 35.3 Å². The van der Waals surface area contributed by atoms with Gasteiger partial charge in [0.25, 0.3) is 5.56 Å². The second kappa shape index (κ2) is 6.69. The average molecular weight is 322 g/mol. The Hall–Kier alpha value is -2.22. The first-order chi connectivity index (χ1) is 10.4. The third kappa shape index (κ3) is 3.91. The Kier molecular flexibility index (Phi) is 4.92. The summed E-state index contributed by atoms with van der Waals surface area (Å²) in [4.78, 5) is 41.4. The van der Waals surface area contributed by atoms with Crippen LogP contribution in [0.4, 0.5) is 0 Å². The number of aryl methyl sites for hydroxylation is 2. The summed E-state index contributed by atoms with van der Waals surface area (Å²) >= 11 is 1.56. The Labute approximate surface area is 131 Å². The third-order valence-corrected chi connectivity index (χ3v) is 4.36. The molecule has 0 saturated carbocycles. The van der Waals surface area contributed by atoms with Gasteiger partial charge < -0.3 is 5.32 Å². The summed E-state index contributed by atoms with van der Waals surface area (Å²) in [6, 6.07) is 0. The molecule has 0 spiro atoms. The molecule has 0 aliphatic rings. The number of thiazole rings is 1. The van der Waals surface area contributed by atoms with Crippen LogP contribution in [0.3, 0.4) is 0 Å². The molecule has 22 heavy (non-hydrogen) atoms. The van der Waals surface area contributed by atoms with Crippen LogP contribution in [0.2, 0.25) is 0 Å². The van der Waals surface area contributed by atoms with Crippen LogP contribution in [-0.4, -0.2) is 27.0 Å². The number of aromatic nitrogens is 3. The molecule has 2 heterocycles. The number of amides is 1. The van der Waals surface area contributed by atoms with E-state index in [1.54, 1.807) is 18.3 Å². The molecule has 0 radical (unpaired) electrons. The largest absolute Gasteiger partial charge is 0.354 e. The number of hydrogen-bond donors (Lipinski definition) is 2. The quantitative estimate of drug-likeness (QED) is 0.839. The Morgan fingerprint density at radius 2 is 2.18 bits per heavy atom. The van der Waals surface area contributed by atoms with Gasteiger partial charge in [0.05, 0.1) is 5.01 Å². The molecule has 1 amide bonds. The summed E-state index contributed by atoms with van der Waals surface area (Å²) in [6.45, 7) is 5.81. The second-order valence-electron chi connectivity index (χ2n) is 5.23. The fraction of sp³-hybridized carbons (Fsp3) is 0.429. The monoisotopic (exact) mass is 322 g/mol. The standard InChI is InChI=1S/C14H18N4O3S/c1-8(13-16-10(3)7-22-13)4-15-11(19)6-18-5-9(2)12(20)17-14(18)21/h5,7-8H,4,6H2,1-3H3,(H,15,19)(H,17,20,21)/t8-/m0/s1. The van der Waals surface area contributed by atoms with E-state index in [0.717, 1.165) is 10.7 Å². The number of rotatable bonds is 5. The fourth-order valence-electron chi connectivity index (χ4n) is 1.90. The van der Waals surface area contributed by atoms with Crippen LogP contribution in [0, 0.1) is 13.8 Å². The highest BCUT2D eigenvalue weighted by atomic mass is 32.1. The summed E-state index contributed by atoms with van der Waals surface area (Å²) in [7, 11) is 0. The van der Waals surface area contributed by atoms with Crippen molar-refractivity contribution in [1.82, 2.24) is 19.9 Å². The van der Waals surface area contributed by atoms with Crippen LogP contribution >= 0.6 is 11.3 Å². The number of aromatic amines is 1. The normalized spacial score (nSPS) is 12.1. The van der Waals surface area contributed by atoms with Crippen LogP contribution in [-0.2, 0) is 11.3 Å². The number of carbonyl (C=O) groups is 1. The maximum absolute atomic E-state index is 11.9. The van der Waals surface area contributed by atoms with Gasteiger partial charge in [-0.3, -0.25) is 19.1 Å². The molecule has 2 aromatic heterocycles. The van der Waals surface area contributed by atoms with Crippen molar-refractivity contribution in [1.29, 1.82) is 0 Å². The van der Waals surface area contributed by atoms with E-state index in [0.29, 0.717) is 12.1 Å². The number of nitrogens with one attached hydrogen (secondary N) is 2.